The number of likely N-dealkylation sites (tertiary alicyclic amines) is 1. The summed E-state index contributed by atoms with van der Waals surface area (Å²) in [7, 11) is 2.07. The summed E-state index contributed by atoms with van der Waals surface area (Å²) >= 11 is 0. The minimum absolute atomic E-state index is 0.00785. The van der Waals surface area contributed by atoms with Crippen LogP contribution in [0.15, 0.2) is 6.33 Å². The van der Waals surface area contributed by atoms with E-state index in [2.05, 4.69) is 39.6 Å². The molecule has 1 aromatic rings. The van der Waals surface area contributed by atoms with E-state index in [0.29, 0.717) is 6.04 Å². The van der Waals surface area contributed by atoms with Gasteiger partial charge in [0, 0.05) is 18.6 Å². The third kappa shape index (κ3) is 2.94. The number of hydrogen-bond donors (Lipinski definition) is 3. The van der Waals surface area contributed by atoms with Crippen LogP contribution in [0.5, 0.6) is 0 Å². The highest BCUT2D eigenvalue weighted by Gasteiger charge is 2.27. The van der Waals surface area contributed by atoms with Gasteiger partial charge in [0.25, 0.3) is 0 Å². The average Bonchev–Trinajstić information content (AvgIpc) is 2.42. The molecule has 2 rings (SSSR count). The molecule has 110 valence electrons. The SMILES string of the molecule is CC1CC(Nc2ncnc(NN)c2[N+](=O)[O-])CCN1C. The third-order valence-corrected chi connectivity index (χ3v) is 3.69. The van der Waals surface area contributed by atoms with Crippen LogP contribution < -0.4 is 16.6 Å². The predicted molar refractivity (Wildman–Crippen MR) is 75.2 cm³/mol. The van der Waals surface area contributed by atoms with Crippen LogP contribution in [0.4, 0.5) is 17.3 Å². The topological polar surface area (TPSA) is 122 Å². The van der Waals surface area contributed by atoms with Crippen molar-refractivity contribution in [2.75, 3.05) is 24.3 Å². The van der Waals surface area contributed by atoms with Gasteiger partial charge in [-0.05, 0) is 26.8 Å². The number of piperidine rings is 1. The number of nitrogen functional groups attached to an aromatic ring is 1. The van der Waals surface area contributed by atoms with E-state index in [1.165, 1.54) is 6.33 Å². The Morgan fingerprint density at radius 3 is 2.80 bits per heavy atom. The van der Waals surface area contributed by atoms with Crippen molar-refractivity contribution < 1.29 is 4.92 Å². The lowest BCUT2D eigenvalue weighted by molar-refractivity contribution is -0.383. The molecule has 9 heteroatoms. The van der Waals surface area contributed by atoms with Crippen LogP contribution >= 0.6 is 0 Å². The molecule has 1 aliphatic rings. The fourth-order valence-electron chi connectivity index (χ4n) is 2.38. The van der Waals surface area contributed by atoms with Crippen molar-refractivity contribution in [3.05, 3.63) is 16.4 Å². The summed E-state index contributed by atoms with van der Waals surface area (Å²) in [4.78, 5) is 20.6. The first-order valence-corrected chi connectivity index (χ1v) is 6.45. The molecule has 1 aromatic heterocycles. The van der Waals surface area contributed by atoms with Crippen molar-refractivity contribution in [1.29, 1.82) is 0 Å². The number of nitrogens with zero attached hydrogens (tertiary/aromatic N) is 4. The van der Waals surface area contributed by atoms with Gasteiger partial charge in [0.2, 0.25) is 11.6 Å². The van der Waals surface area contributed by atoms with Crippen LogP contribution in [0.25, 0.3) is 0 Å². The fourth-order valence-corrected chi connectivity index (χ4v) is 2.38. The molecule has 20 heavy (non-hydrogen) atoms. The molecule has 9 nitrogen and oxygen atoms in total. The molecule has 4 N–H and O–H groups in total. The van der Waals surface area contributed by atoms with E-state index in [9.17, 15) is 10.1 Å². The van der Waals surface area contributed by atoms with E-state index in [1.807, 2.05) is 0 Å². The molecule has 0 spiro atoms. The molecule has 0 saturated carbocycles. The second-order valence-corrected chi connectivity index (χ2v) is 5.02. The van der Waals surface area contributed by atoms with Gasteiger partial charge in [-0.15, -0.1) is 0 Å². The van der Waals surface area contributed by atoms with E-state index in [0.717, 1.165) is 19.4 Å². The quantitative estimate of drug-likeness (QED) is 0.416. The first-order chi connectivity index (χ1) is 9.52. The maximum atomic E-state index is 11.1. The lowest BCUT2D eigenvalue weighted by atomic mass is 9.99. The molecule has 0 radical (unpaired) electrons. The Bertz CT molecular complexity index is 496. The number of rotatable bonds is 4. The molecule has 0 aliphatic carbocycles. The normalized spacial score (nSPS) is 23.4. The largest absolute Gasteiger partial charge is 0.361 e. The van der Waals surface area contributed by atoms with Crippen LogP contribution in [0.3, 0.4) is 0 Å². The van der Waals surface area contributed by atoms with Crippen LogP contribution in [0.1, 0.15) is 19.8 Å². The number of hydrazine groups is 1. The highest BCUT2D eigenvalue weighted by Crippen LogP contribution is 2.30. The highest BCUT2D eigenvalue weighted by molar-refractivity contribution is 5.69. The number of anilines is 2. The zero-order valence-electron chi connectivity index (χ0n) is 11.5. The number of nitrogens with one attached hydrogen (secondary N) is 2. The van der Waals surface area contributed by atoms with E-state index in [1.54, 1.807) is 0 Å². The van der Waals surface area contributed by atoms with Crippen molar-refractivity contribution in [2.24, 2.45) is 5.84 Å². The molecule has 0 amide bonds. The summed E-state index contributed by atoms with van der Waals surface area (Å²) in [6, 6.07) is 0.578. The van der Waals surface area contributed by atoms with Gasteiger partial charge in [-0.1, -0.05) is 0 Å². The van der Waals surface area contributed by atoms with Crippen LogP contribution in [0.2, 0.25) is 0 Å². The lowest BCUT2D eigenvalue weighted by Crippen LogP contribution is -2.42. The molecular formula is C11H19N7O2. The van der Waals surface area contributed by atoms with Gasteiger partial charge in [0.15, 0.2) is 0 Å². The van der Waals surface area contributed by atoms with Crippen LogP contribution in [-0.2, 0) is 0 Å². The Hall–Kier alpha value is -2.00. The Balaban J connectivity index is 2.19. The maximum absolute atomic E-state index is 11.1. The fraction of sp³-hybridized carbons (Fsp3) is 0.636. The van der Waals surface area contributed by atoms with Gasteiger partial charge in [0.1, 0.15) is 6.33 Å². The molecule has 0 bridgehead atoms. The maximum Gasteiger partial charge on any atom is 0.354 e. The molecule has 1 saturated heterocycles. The highest BCUT2D eigenvalue weighted by atomic mass is 16.6. The molecule has 1 aliphatic heterocycles. The second kappa shape index (κ2) is 5.97. The third-order valence-electron chi connectivity index (χ3n) is 3.69. The molecule has 2 unspecified atom stereocenters. The van der Waals surface area contributed by atoms with E-state index in [-0.39, 0.29) is 23.4 Å². The van der Waals surface area contributed by atoms with Crippen LogP contribution in [0, 0.1) is 10.1 Å². The number of aromatic nitrogens is 2. The van der Waals surface area contributed by atoms with E-state index >= 15 is 0 Å². The lowest BCUT2D eigenvalue weighted by Gasteiger charge is -2.35. The Labute approximate surface area is 116 Å². The number of nitrogens with two attached hydrogens (primary N) is 1. The summed E-state index contributed by atoms with van der Waals surface area (Å²) < 4.78 is 0. The first kappa shape index (κ1) is 14.4. The minimum Gasteiger partial charge on any atom is -0.361 e. The number of nitro groups is 1. The average molecular weight is 281 g/mol. The van der Waals surface area contributed by atoms with E-state index in [4.69, 9.17) is 5.84 Å². The summed E-state index contributed by atoms with van der Waals surface area (Å²) in [6.45, 7) is 3.08. The summed E-state index contributed by atoms with van der Waals surface area (Å²) in [5.74, 6) is 5.47. The van der Waals surface area contributed by atoms with Gasteiger partial charge in [-0.25, -0.2) is 15.8 Å². The van der Waals surface area contributed by atoms with Crippen LogP contribution in [-0.4, -0.2) is 45.5 Å². The first-order valence-electron chi connectivity index (χ1n) is 6.45. The van der Waals surface area contributed by atoms with E-state index < -0.39 is 4.92 Å². The van der Waals surface area contributed by atoms with Gasteiger partial charge in [-0.3, -0.25) is 10.1 Å². The van der Waals surface area contributed by atoms with Crippen molar-refractivity contribution in [2.45, 2.75) is 31.8 Å². The molecule has 2 atom stereocenters. The smallest absolute Gasteiger partial charge is 0.354 e. The van der Waals surface area contributed by atoms with Gasteiger partial charge < -0.3 is 15.6 Å². The Morgan fingerprint density at radius 1 is 1.50 bits per heavy atom. The zero-order valence-corrected chi connectivity index (χ0v) is 11.5. The van der Waals surface area contributed by atoms with Crippen molar-refractivity contribution in [3.8, 4) is 0 Å². The Morgan fingerprint density at radius 2 is 2.20 bits per heavy atom. The minimum atomic E-state index is -0.532. The predicted octanol–water partition coefficient (Wildman–Crippen LogP) is 0.565. The standard InChI is InChI=1S/C11H19N7O2/c1-7-5-8(3-4-17(7)2)15-10-9(18(19)20)11(16-12)14-6-13-10/h6-8H,3-5,12H2,1-2H3,(H2,13,14,15,16). The molecule has 0 aromatic carbocycles. The Kier molecular flexibility index (Phi) is 4.30. The molecule has 1 fully saturated rings. The number of hydrogen-bond acceptors (Lipinski definition) is 8. The van der Waals surface area contributed by atoms with Gasteiger partial charge in [0.05, 0.1) is 4.92 Å². The monoisotopic (exact) mass is 281 g/mol. The summed E-state index contributed by atoms with van der Waals surface area (Å²) in [6.07, 6.45) is 3.07. The molecular weight excluding hydrogens is 262 g/mol. The second-order valence-electron chi connectivity index (χ2n) is 5.02. The van der Waals surface area contributed by atoms with Gasteiger partial charge >= 0.3 is 5.69 Å². The van der Waals surface area contributed by atoms with Gasteiger partial charge in [-0.2, -0.15) is 0 Å². The summed E-state index contributed by atoms with van der Waals surface area (Å²) in [5.41, 5.74) is 2.01. The van der Waals surface area contributed by atoms with Crippen molar-refractivity contribution in [3.63, 3.8) is 0 Å². The zero-order chi connectivity index (χ0) is 14.7. The summed E-state index contributed by atoms with van der Waals surface area (Å²) in [5, 5.41) is 14.3. The van der Waals surface area contributed by atoms with Crippen molar-refractivity contribution >= 4 is 17.3 Å². The van der Waals surface area contributed by atoms with Crippen molar-refractivity contribution in [1.82, 2.24) is 14.9 Å². The molecule has 2 heterocycles.